The van der Waals surface area contributed by atoms with Crippen molar-refractivity contribution in [3.05, 3.63) is 99.5 Å². The summed E-state index contributed by atoms with van der Waals surface area (Å²) in [7, 11) is -3.92. The fraction of sp³-hybridized carbons (Fsp3) is 0.333. The highest BCUT2D eigenvalue weighted by Crippen LogP contribution is 2.27. The normalized spacial score (nSPS) is 12.8. The zero-order valence-corrected chi connectivity index (χ0v) is 25.4. The fourth-order valence-corrected chi connectivity index (χ4v) is 5.53. The highest BCUT2D eigenvalue weighted by Gasteiger charge is 2.33. The first-order chi connectivity index (χ1) is 18.9. The number of hydrogen-bond donors (Lipinski definition) is 1. The Labute approximate surface area is 247 Å². The lowest BCUT2D eigenvalue weighted by atomic mass is 10.0. The molecule has 1 N–H and O–H groups in total. The molecule has 0 aliphatic carbocycles. The maximum atomic E-state index is 14.1. The molecule has 3 aromatic rings. The Balaban J connectivity index is 2.07. The second kappa shape index (κ2) is 14.0. The standard InChI is InChI=1S/C30H35Cl2N3O4S/c1-5-22(3)33-30(37)28(15-23-9-7-6-8-10-23)34(19-24-13-11-21(2)12-14-24)29(36)20-35(40(4,38)39)27-17-25(31)16-26(32)18-27/h6-14,16-18,22,28H,5,15,19-20H2,1-4H3,(H,33,37). The van der Waals surface area contributed by atoms with Gasteiger partial charge in [0.15, 0.2) is 0 Å². The zero-order chi connectivity index (χ0) is 29.4. The maximum absolute atomic E-state index is 14.1. The number of hydrogen-bond acceptors (Lipinski definition) is 4. The van der Waals surface area contributed by atoms with E-state index in [0.717, 1.165) is 27.3 Å². The highest BCUT2D eigenvalue weighted by atomic mass is 35.5. The monoisotopic (exact) mass is 603 g/mol. The molecule has 3 rings (SSSR count). The second-order valence-electron chi connectivity index (χ2n) is 9.93. The minimum absolute atomic E-state index is 0.108. The first kappa shape index (κ1) is 31.5. The van der Waals surface area contributed by atoms with E-state index >= 15 is 0 Å². The van der Waals surface area contributed by atoms with Crippen LogP contribution in [0.1, 0.15) is 37.0 Å². The molecule has 0 aliphatic heterocycles. The number of amides is 2. The van der Waals surface area contributed by atoms with Crippen LogP contribution in [-0.2, 0) is 32.6 Å². The molecule has 3 aromatic carbocycles. The van der Waals surface area contributed by atoms with Gasteiger partial charge in [-0.1, -0.05) is 90.3 Å². The number of sulfonamides is 1. The van der Waals surface area contributed by atoms with Crippen LogP contribution in [0.4, 0.5) is 5.69 Å². The van der Waals surface area contributed by atoms with Crippen LogP contribution in [0.25, 0.3) is 0 Å². The van der Waals surface area contributed by atoms with E-state index in [-0.39, 0.29) is 40.6 Å². The van der Waals surface area contributed by atoms with Crippen LogP contribution in [0.3, 0.4) is 0 Å². The molecule has 0 radical (unpaired) electrons. The van der Waals surface area contributed by atoms with Crippen molar-refractivity contribution in [3.8, 4) is 0 Å². The molecule has 0 spiro atoms. The van der Waals surface area contributed by atoms with Crippen molar-refractivity contribution in [3.63, 3.8) is 0 Å². The largest absolute Gasteiger partial charge is 0.352 e. The van der Waals surface area contributed by atoms with Crippen LogP contribution in [0.2, 0.25) is 10.0 Å². The van der Waals surface area contributed by atoms with Crippen LogP contribution in [0, 0.1) is 6.92 Å². The van der Waals surface area contributed by atoms with Crippen molar-refractivity contribution in [1.29, 1.82) is 0 Å². The van der Waals surface area contributed by atoms with Crippen molar-refractivity contribution < 1.29 is 18.0 Å². The van der Waals surface area contributed by atoms with Gasteiger partial charge in [0, 0.05) is 29.1 Å². The molecule has 40 heavy (non-hydrogen) atoms. The topological polar surface area (TPSA) is 86.8 Å². The van der Waals surface area contributed by atoms with Crippen molar-refractivity contribution in [2.24, 2.45) is 0 Å². The van der Waals surface area contributed by atoms with E-state index in [0.29, 0.717) is 6.42 Å². The van der Waals surface area contributed by atoms with Gasteiger partial charge in [-0.3, -0.25) is 13.9 Å². The van der Waals surface area contributed by atoms with E-state index in [4.69, 9.17) is 23.2 Å². The average Bonchev–Trinajstić information content (AvgIpc) is 2.89. The first-order valence-electron chi connectivity index (χ1n) is 13.0. The van der Waals surface area contributed by atoms with E-state index < -0.39 is 28.5 Å². The van der Waals surface area contributed by atoms with Crippen LogP contribution in [0.15, 0.2) is 72.8 Å². The summed E-state index contributed by atoms with van der Waals surface area (Å²) < 4.78 is 26.7. The zero-order valence-electron chi connectivity index (χ0n) is 23.1. The molecule has 0 aromatic heterocycles. The van der Waals surface area contributed by atoms with Crippen molar-refractivity contribution in [2.75, 3.05) is 17.1 Å². The number of carbonyl (C=O) groups excluding carboxylic acids is 2. The Kier molecular flexibility index (Phi) is 11.0. The Bertz CT molecular complexity index is 1400. The number of anilines is 1. The molecule has 0 saturated heterocycles. The molecule has 0 aliphatic rings. The Morgan fingerprint density at radius 3 is 2.08 bits per heavy atom. The van der Waals surface area contributed by atoms with E-state index in [9.17, 15) is 18.0 Å². The molecule has 0 saturated carbocycles. The van der Waals surface area contributed by atoms with Gasteiger partial charge in [-0.2, -0.15) is 0 Å². The van der Waals surface area contributed by atoms with Gasteiger partial charge in [0.1, 0.15) is 12.6 Å². The molecule has 10 heteroatoms. The fourth-order valence-electron chi connectivity index (χ4n) is 4.18. The summed E-state index contributed by atoms with van der Waals surface area (Å²) in [5.41, 5.74) is 2.89. The number of nitrogens with one attached hydrogen (secondary N) is 1. The SMILES string of the molecule is CCC(C)NC(=O)C(Cc1ccccc1)N(Cc1ccc(C)cc1)C(=O)CN(c1cc(Cl)cc(Cl)c1)S(C)(=O)=O. The Morgan fingerprint density at radius 2 is 1.52 bits per heavy atom. The predicted octanol–water partition coefficient (Wildman–Crippen LogP) is 5.62. The highest BCUT2D eigenvalue weighted by molar-refractivity contribution is 7.92. The van der Waals surface area contributed by atoms with Crippen LogP contribution < -0.4 is 9.62 Å². The van der Waals surface area contributed by atoms with Gasteiger partial charge in [-0.05, 0) is 49.6 Å². The van der Waals surface area contributed by atoms with Crippen LogP contribution >= 0.6 is 23.2 Å². The molecule has 2 atom stereocenters. The van der Waals surface area contributed by atoms with E-state index in [2.05, 4.69) is 5.32 Å². The Morgan fingerprint density at radius 1 is 0.925 bits per heavy atom. The number of aryl methyl sites for hydroxylation is 1. The van der Waals surface area contributed by atoms with Gasteiger partial charge in [-0.25, -0.2) is 8.42 Å². The number of rotatable bonds is 12. The third-order valence-electron chi connectivity index (χ3n) is 6.56. The summed E-state index contributed by atoms with van der Waals surface area (Å²) in [5.74, 6) is -0.849. The van der Waals surface area contributed by atoms with Crippen molar-refractivity contribution >= 4 is 50.7 Å². The second-order valence-corrected chi connectivity index (χ2v) is 12.7. The maximum Gasteiger partial charge on any atom is 0.244 e. The molecule has 0 heterocycles. The molecular formula is C30H35Cl2N3O4S. The summed E-state index contributed by atoms with van der Waals surface area (Å²) >= 11 is 12.3. The van der Waals surface area contributed by atoms with Gasteiger partial charge < -0.3 is 10.2 Å². The molecule has 0 fully saturated rings. The van der Waals surface area contributed by atoms with Gasteiger partial charge >= 0.3 is 0 Å². The molecule has 0 bridgehead atoms. The van der Waals surface area contributed by atoms with Crippen molar-refractivity contribution in [1.82, 2.24) is 10.2 Å². The lowest BCUT2D eigenvalue weighted by molar-refractivity contribution is -0.140. The minimum atomic E-state index is -3.92. The number of carbonyl (C=O) groups is 2. The molecule has 2 amide bonds. The first-order valence-corrected chi connectivity index (χ1v) is 15.6. The molecular weight excluding hydrogens is 569 g/mol. The molecule has 214 valence electrons. The lowest BCUT2D eigenvalue weighted by Crippen LogP contribution is -2.54. The van der Waals surface area contributed by atoms with Crippen LogP contribution in [0.5, 0.6) is 0 Å². The summed E-state index contributed by atoms with van der Waals surface area (Å²) in [6, 6.07) is 20.4. The van der Waals surface area contributed by atoms with E-state index in [1.54, 1.807) is 0 Å². The van der Waals surface area contributed by atoms with Gasteiger partial charge in [-0.15, -0.1) is 0 Å². The quantitative estimate of drug-likeness (QED) is 0.291. The van der Waals surface area contributed by atoms with Crippen LogP contribution in [-0.4, -0.2) is 50.0 Å². The smallest absolute Gasteiger partial charge is 0.244 e. The molecule has 7 nitrogen and oxygen atoms in total. The summed E-state index contributed by atoms with van der Waals surface area (Å²) in [6.45, 7) is 5.40. The third kappa shape index (κ3) is 8.98. The number of halogens is 2. The number of nitrogens with zero attached hydrogens (tertiary/aromatic N) is 2. The van der Waals surface area contributed by atoms with Gasteiger partial charge in [0.05, 0.1) is 11.9 Å². The minimum Gasteiger partial charge on any atom is -0.352 e. The lowest BCUT2D eigenvalue weighted by Gasteiger charge is -2.34. The van der Waals surface area contributed by atoms with E-state index in [1.807, 2.05) is 75.4 Å². The van der Waals surface area contributed by atoms with E-state index in [1.165, 1.54) is 23.1 Å². The molecule has 2 unspecified atom stereocenters. The summed E-state index contributed by atoms with van der Waals surface area (Å²) in [4.78, 5) is 29.2. The van der Waals surface area contributed by atoms with Gasteiger partial charge in [0.2, 0.25) is 21.8 Å². The summed E-state index contributed by atoms with van der Waals surface area (Å²) in [5, 5.41) is 3.47. The third-order valence-corrected chi connectivity index (χ3v) is 8.14. The average molecular weight is 605 g/mol. The van der Waals surface area contributed by atoms with Gasteiger partial charge in [0.25, 0.3) is 0 Å². The predicted molar refractivity (Wildman–Crippen MR) is 162 cm³/mol. The van der Waals surface area contributed by atoms with Crippen molar-refractivity contribution in [2.45, 2.75) is 52.2 Å². The summed E-state index contributed by atoms with van der Waals surface area (Å²) in [6.07, 6.45) is 1.98. The Hall–Kier alpha value is -3.07. The number of benzene rings is 3.